The third-order valence-electron chi connectivity index (χ3n) is 4.50. The Kier molecular flexibility index (Phi) is 2.85. The van der Waals surface area contributed by atoms with E-state index in [2.05, 4.69) is 64.2 Å². The van der Waals surface area contributed by atoms with Crippen molar-refractivity contribution < 1.29 is 4.74 Å². The van der Waals surface area contributed by atoms with Crippen LogP contribution in [0.4, 0.5) is 0 Å². The number of nitrogens with zero attached hydrogens (tertiary/aromatic N) is 1. The highest BCUT2D eigenvalue weighted by Gasteiger charge is 2.08. The molecule has 0 saturated carbocycles. The maximum Gasteiger partial charge on any atom is 0.120 e. The van der Waals surface area contributed by atoms with E-state index in [0.717, 1.165) is 16.8 Å². The van der Waals surface area contributed by atoms with E-state index < -0.39 is 0 Å². The van der Waals surface area contributed by atoms with Gasteiger partial charge < -0.3 is 14.1 Å². The molecule has 0 aliphatic heterocycles. The quantitative estimate of drug-likeness (QED) is 0.490. The van der Waals surface area contributed by atoms with Gasteiger partial charge in [-0.05, 0) is 42.0 Å². The summed E-state index contributed by atoms with van der Waals surface area (Å²) < 4.78 is 8.10. The van der Waals surface area contributed by atoms with Crippen molar-refractivity contribution in [2.45, 2.75) is 6.61 Å². The Hall–Kier alpha value is -3.20. The molecule has 0 fully saturated rings. The average Bonchev–Trinajstić information content (AvgIpc) is 3.24. The van der Waals surface area contributed by atoms with Crippen molar-refractivity contribution in [1.29, 1.82) is 0 Å². The molecular weight excluding hydrogens is 296 g/mol. The molecule has 0 amide bonds. The largest absolute Gasteiger partial charge is 0.489 e. The van der Waals surface area contributed by atoms with E-state index in [9.17, 15) is 0 Å². The third-order valence-corrected chi connectivity index (χ3v) is 4.50. The number of ether oxygens (including phenoxy) is 1. The van der Waals surface area contributed by atoms with E-state index in [-0.39, 0.29) is 0 Å². The molecule has 0 aliphatic rings. The molecule has 0 unspecified atom stereocenters. The number of benzene rings is 2. The highest BCUT2D eigenvalue weighted by atomic mass is 16.5. The standard InChI is InChI=1S/C21H16N2O/c1-2-5-15(6-3-1)14-24-16-8-9-19-18(13-16)17-10-12-23-11-4-7-20(23)21(17)22-19/h1-13,22H,14H2. The summed E-state index contributed by atoms with van der Waals surface area (Å²) in [7, 11) is 0. The number of aromatic amines is 1. The Labute approximate surface area is 139 Å². The summed E-state index contributed by atoms with van der Waals surface area (Å²) in [5.74, 6) is 0.891. The molecule has 24 heavy (non-hydrogen) atoms. The Morgan fingerprint density at radius 3 is 2.67 bits per heavy atom. The van der Waals surface area contributed by atoms with E-state index in [1.165, 1.54) is 21.9 Å². The van der Waals surface area contributed by atoms with E-state index >= 15 is 0 Å². The van der Waals surface area contributed by atoms with Gasteiger partial charge in [0.1, 0.15) is 12.4 Å². The first-order valence-corrected chi connectivity index (χ1v) is 8.06. The molecule has 0 bridgehead atoms. The van der Waals surface area contributed by atoms with Gasteiger partial charge in [-0.1, -0.05) is 30.3 Å². The van der Waals surface area contributed by atoms with Crippen LogP contribution in [0.2, 0.25) is 0 Å². The Morgan fingerprint density at radius 2 is 1.75 bits per heavy atom. The highest BCUT2D eigenvalue weighted by Crippen LogP contribution is 2.31. The van der Waals surface area contributed by atoms with Crippen LogP contribution < -0.4 is 4.74 Å². The van der Waals surface area contributed by atoms with Crippen molar-refractivity contribution in [2.75, 3.05) is 0 Å². The van der Waals surface area contributed by atoms with Gasteiger partial charge in [-0.15, -0.1) is 0 Å². The Balaban J connectivity index is 1.58. The van der Waals surface area contributed by atoms with Gasteiger partial charge in [-0.25, -0.2) is 0 Å². The fraction of sp³-hybridized carbons (Fsp3) is 0.0476. The van der Waals surface area contributed by atoms with E-state index in [1.54, 1.807) is 0 Å². The second kappa shape index (κ2) is 5.17. The molecule has 116 valence electrons. The van der Waals surface area contributed by atoms with Crippen LogP contribution >= 0.6 is 0 Å². The first kappa shape index (κ1) is 13.3. The third kappa shape index (κ3) is 2.06. The minimum Gasteiger partial charge on any atom is -0.489 e. The zero-order valence-electron chi connectivity index (χ0n) is 13.1. The number of rotatable bonds is 3. The van der Waals surface area contributed by atoms with Gasteiger partial charge in [-0.3, -0.25) is 0 Å². The zero-order valence-corrected chi connectivity index (χ0v) is 13.1. The van der Waals surface area contributed by atoms with E-state index in [1.807, 2.05) is 24.3 Å². The number of H-pyrrole nitrogens is 1. The molecule has 5 rings (SSSR count). The topological polar surface area (TPSA) is 29.4 Å². The van der Waals surface area contributed by atoms with Gasteiger partial charge in [0.05, 0.1) is 11.0 Å². The van der Waals surface area contributed by atoms with Crippen molar-refractivity contribution >= 4 is 27.3 Å². The van der Waals surface area contributed by atoms with Crippen molar-refractivity contribution in [3.8, 4) is 5.75 Å². The fourth-order valence-electron chi connectivity index (χ4n) is 3.29. The number of aromatic nitrogens is 2. The van der Waals surface area contributed by atoms with Crippen LogP contribution in [0.25, 0.3) is 27.3 Å². The maximum atomic E-state index is 5.97. The summed E-state index contributed by atoms with van der Waals surface area (Å²) in [6, 6.07) is 22.8. The molecule has 3 nitrogen and oxygen atoms in total. The SMILES string of the molecule is c1ccc(COc2ccc3[nH]c4c(ccn5cccc45)c3c2)cc1. The molecule has 0 aliphatic carbocycles. The lowest BCUT2D eigenvalue weighted by Gasteiger charge is -2.06. The minimum atomic E-state index is 0.581. The van der Waals surface area contributed by atoms with Crippen LogP contribution in [-0.4, -0.2) is 9.38 Å². The van der Waals surface area contributed by atoms with Crippen molar-refractivity contribution in [3.05, 3.63) is 84.7 Å². The van der Waals surface area contributed by atoms with E-state index in [0.29, 0.717) is 6.61 Å². The second-order valence-corrected chi connectivity index (χ2v) is 6.01. The second-order valence-electron chi connectivity index (χ2n) is 6.01. The molecule has 1 N–H and O–H groups in total. The Morgan fingerprint density at radius 1 is 0.833 bits per heavy atom. The normalized spacial score (nSPS) is 11.5. The number of hydrogen-bond donors (Lipinski definition) is 1. The molecule has 0 spiro atoms. The van der Waals surface area contributed by atoms with Gasteiger partial charge in [0.25, 0.3) is 0 Å². The van der Waals surface area contributed by atoms with Gasteiger partial charge in [0.2, 0.25) is 0 Å². The lowest BCUT2D eigenvalue weighted by Crippen LogP contribution is -1.94. The molecule has 3 heteroatoms. The molecule has 3 aromatic heterocycles. The van der Waals surface area contributed by atoms with Crippen LogP contribution in [0.3, 0.4) is 0 Å². The zero-order chi connectivity index (χ0) is 15.9. The predicted molar refractivity (Wildman–Crippen MR) is 97.5 cm³/mol. The molecule has 0 radical (unpaired) electrons. The van der Waals surface area contributed by atoms with Gasteiger partial charge in [0.15, 0.2) is 0 Å². The number of pyridine rings is 1. The van der Waals surface area contributed by atoms with Crippen LogP contribution in [0.1, 0.15) is 5.56 Å². The minimum absolute atomic E-state index is 0.581. The van der Waals surface area contributed by atoms with Crippen LogP contribution in [-0.2, 0) is 6.61 Å². The maximum absolute atomic E-state index is 5.97. The predicted octanol–water partition coefficient (Wildman–Crippen LogP) is 5.15. The van der Waals surface area contributed by atoms with Crippen molar-refractivity contribution in [1.82, 2.24) is 9.38 Å². The highest BCUT2D eigenvalue weighted by molar-refractivity contribution is 6.12. The lowest BCUT2D eigenvalue weighted by atomic mass is 10.1. The summed E-state index contributed by atoms with van der Waals surface area (Å²) >= 11 is 0. The van der Waals surface area contributed by atoms with E-state index in [4.69, 9.17) is 4.74 Å². The summed E-state index contributed by atoms with van der Waals surface area (Å²) in [4.78, 5) is 3.53. The first-order chi connectivity index (χ1) is 11.9. The fourth-order valence-corrected chi connectivity index (χ4v) is 3.29. The summed E-state index contributed by atoms with van der Waals surface area (Å²) in [5.41, 5.74) is 4.66. The molecule has 0 atom stereocenters. The average molecular weight is 312 g/mol. The molecule has 2 aromatic carbocycles. The van der Waals surface area contributed by atoms with Crippen molar-refractivity contribution in [3.63, 3.8) is 0 Å². The number of hydrogen-bond acceptors (Lipinski definition) is 1. The number of fused-ring (bicyclic) bond motifs is 5. The molecule has 5 aromatic rings. The first-order valence-electron chi connectivity index (χ1n) is 8.06. The monoisotopic (exact) mass is 312 g/mol. The lowest BCUT2D eigenvalue weighted by molar-refractivity contribution is 0.306. The van der Waals surface area contributed by atoms with Gasteiger partial charge in [0, 0.05) is 28.7 Å². The van der Waals surface area contributed by atoms with Crippen LogP contribution in [0.5, 0.6) is 5.75 Å². The molecule has 3 heterocycles. The summed E-state index contributed by atoms with van der Waals surface area (Å²) in [6.45, 7) is 0.581. The smallest absolute Gasteiger partial charge is 0.120 e. The molecular formula is C21H16N2O. The van der Waals surface area contributed by atoms with Gasteiger partial charge in [-0.2, -0.15) is 0 Å². The summed E-state index contributed by atoms with van der Waals surface area (Å²) in [5, 5.41) is 2.42. The van der Waals surface area contributed by atoms with Crippen molar-refractivity contribution in [2.24, 2.45) is 0 Å². The summed E-state index contributed by atoms with van der Waals surface area (Å²) in [6.07, 6.45) is 4.16. The van der Waals surface area contributed by atoms with Crippen LogP contribution in [0, 0.1) is 0 Å². The molecule has 0 saturated heterocycles. The Bertz CT molecular complexity index is 1150. The van der Waals surface area contributed by atoms with Gasteiger partial charge >= 0.3 is 0 Å². The van der Waals surface area contributed by atoms with Crippen LogP contribution in [0.15, 0.2) is 79.1 Å². The number of nitrogens with one attached hydrogen (secondary N) is 1.